The first-order valence-corrected chi connectivity index (χ1v) is 8.98. The van der Waals surface area contributed by atoms with E-state index in [1.165, 1.54) is 0 Å². The lowest BCUT2D eigenvalue weighted by molar-refractivity contribution is -0.120. The maximum atomic E-state index is 12.4. The molecule has 0 bridgehead atoms. The number of ketones is 1. The summed E-state index contributed by atoms with van der Waals surface area (Å²) in [7, 11) is 3.19. The lowest BCUT2D eigenvalue weighted by Crippen LogP contribution is -2.16. The molecule has 0 aliphatic carbocycles. The fourth-order valence-electron chi connectivity index (χ4n) is 2.96. The Balaban J connectivity index is 1.73. The Morgan fingerprint density at radius 3 is 2.64 bits per heavy atom. The van der Waals surface area contributed by atoms with E-state index in [1.54, 1.807) is 37.2 Å². The Bertz CT molecular complexity index is 978. The Kier molecular flexibility index (Phi) is 5.99. The summed E-state index contributed by atoms with van der Waals surface area (Å²) in [5.74, 6) is 1.29. The summed E-state index contributed by atoms with van der Waals surface area (Å²) >= 11 is 0. The molecule has 6 heteroatoms. The highest BCUT2D eigenvalue weighted by Gasteiger charge is 2.14. The number of benzene rings is 2. The number of aryl methyl sites for hydroxylation is 2. The second-order valence-electron chi connectivity index (χ2n) is 6.55. The summed E-state index contributed by atoms with van der Waals surface area (Å²) < 4.78 is 18.1. The fourth-order valence-corrected chi connectivity index (χ4v) is 2.96. The third-order valence-electron chi connectivity index (χ3n) is 4.51. The highest BCUT2D eigenvalue weighted by molar-refractivity contribution is 5.82. The summed E-state index contributed by atoms with van der Waals surface area (Å²) in [5, 5.41) is 0. The van der Waals surface area contributed by atoms with E-state index >= 15 is 0 Å². The van der Waals surface area contributed by atoms with Crippen molar-refractivity contribution in [1.82, 2.24) is 9.55 Å². The smallest absolute Gasteiger partial charge is 0.301 e. The van der Waals surface area contributed by atoms with Crippen molar-refractivity contribution in [2.75, 3.05) is 20.8 Å². The Labute approximate surface area is 164 Å². The largest absolute Gasteiger partial charge is 0.497 e. The lowest BCUT2D eigenvalue weighted by Gasteiger charge is -2.13. The van der Waals surface area contributed by atoms with Gasteiger partial charge in [-0.25, -0.2) is 4.98 Å². The maximum absolute atomic E-state index is 12.4. The zero-order chi connectivity index (χ0) is 20.1. The van der Waals surface area contributed by atoms with Crippen LogP contribution < -0.4 is 14.2 Å². The molecule has 2 aromatic carbocycles. The lowest BCUT2D eigenvalue weighted by atomic mass is 10.0. The molecule has 0 aliphatic rings. The van der Waals surface area contributed by atoms with Crippen LogP contribution in [-0.2, 0) is 11.2 Å². The molecule has 1 aromatic heterocycles. The van der Waals surface area contributed by atoms with Gasteiger partial charge in [-0.05, 0) is 37.1 Å². The molecule has 28 heavy (non-hydrogen) atoms. The van der Waals surface area contributed by atoms with Crippen LogP contribution in [0.2, 0.25) is 0 Å². The van der Waals surface area contributed by atoms with Crippen LogP contribution in [0.4, 0.5) is 0 Å². The van der Waals surface area contributed by atoms with Crippen molar-refractivity contribution in [3.8, 4) is 23.2 Å². The predicted molar refractivity (Wildman–Crippen MR) is 107 cm³/mol. The van der Waals surface area contributed by atoms with Crippen molar-refractivity contribution in [3.05, 3.63) is 65.5 Å². The molecule has 0 saturated carbocycles. The van der Waals surface area contributed by atoms with E-state index in [2.05, 4.69) is 4.98 Å². The van der Waals surface area contributed by atoms with Gasteiger partial charge in [-0.3, -0.25) is 9.36 Å². The number of carbonyl (C=O) groups is 1. The minimum atomic E-state index is -0.0527. The molecule has 3 rings (SSSR count). The first-order valence-electron chi connectivity index (χ1n) is 8.98. The van der Waals surface area contributed by atoms with Crippen LogP contribution in [0.15, 0.2) is 48.8 Å². The molecule has 0 unspecified atom stereocenters. The molecule has 0 saturated heterocycles. The SMILES string of the molecule is COc1ccc(-n2ccnc2OCC(=O)Cc2cc(C)ccc2C)c(OC)c1. The van der Waals surface area contributed by atoms with Crippen LogP contribution in [0.25, 0.3) is 5.69 Å². The first kappa shape index (κ1) is 19.5. The summed E-state index contributed by atoms with van der Waals surface area (Å²) in [6.45, 7) is 3.97. The fraction of sp³-hybridized carbons (Fsp3) is 0.273. The van der Waals surface area contributed by atoms with Crippen LogP contribution in [0.5, 0.6) is 17.5 Å². The van der Waals surface area contributed by atoms with Gasteiger partial charge in [0.25, 0.3) is 0 Å². The molecular formula is C22H24N2O4. The van der Waals surface area contributed by atoms with Crippen LogP contribution in [-0.4, -0.2) is 36.2 Å². The van der Waals surface area contributed by atoms with Gasteiger partial charge in [-0.15, -0.1) is 0 Å². The van der Waals surface area contributed by atoms with E-state index in [1.807, 2.05) is 44.2 Å². The van der Waals surface area contributed by atoms with Gasteiger partial charge in [-0.2, -0.15) is 0 Å². The molecule has 0 spiro atoms. The third-order valence-corrected chi connectivity index (χ3v) is 4.51. The standard InChI is InChI=1S/C22H24N2O4/c1-15-5-6-16(2)17(11-15)12-18(25)14-28-22-23-9-10-24(22)20-8-7-19(26-3)13-21(20)27-4/h5-11,13H,12,14H2,1-4H3. The van der Waals surface area contributed by atoms with Crippen molar-refractivity contribution in [1.29, 1.82) is 0 Å². The van der Waals surface area contributed by atoms with Crippen LogP contribution in [0, 0.1) is 13.8 Å². The van der Waals surface area contributed by atoms with Gasteiger partial charge in [0.05, 0.1) is 19.9 Å². The van der Waals surface area contributed by atoms with Gasteiger partial charge in [0, 0.05) is 24.9 Å². The number of rotatable bonds is 8. The Hall–Kier alpha value is -3.28. The minimum Gasteiger partial charge on any atom is -0.497 e. The average molecular weight is 380 g/mol. The third kappa shape index (κ3) is 4.34. The molecule has 0 amide bonds. The average Bonchev–Trinajstić information content (AvgIpc) is 3.17. The summed E-state index contributed by atoms with van der Waals surface area (Å²) in [6, 6.07) is 11.9. The molecule has 1 heterocycles. The van der Waals surface area contributed by atoms with E-state index in [0.717, 1.165) is 22.4 Å². The molecular weight excluding hydrogens is 356 g/mol. The number of imidazole rings is 1. The first-order chi connectivity index (χ1) is 13.5. The molecule has 3 aromatic rings. The topological polar surface area (TPSA) is 62.6 Å². The van der Waals surface area contributed by atoms with E-state index in [9.17, 15) is 4.79 Å². The molecule has 0 fully saturated rings. The maximum Gasteiger partial charge on any atom is 0.301 e. The monoisotopic (exact) mass is 380 g/mol. The molecule has 6 nitrogen and oxygen atoms in total. The second-order valence-corrected chi connectivity index (χ2v) is 6.55. The molecule has 0 atom stereocenters. The van der Waals surface area contributed by atoms with Crippen LogP contribution >= 0.6 is 0 Å². The number of carbonyl (C=O) groups excluding carboxylic acids is 1. The molecule has 0 radical (unpaired) electrons. The highest BCUT2D eigenvalue weighted by atomic mass is 16.5. The number of aromatic nitrogens is 2. The number of ether oxygens (including phenoxy) is 3. The van der Waals surface area contributed by atoms with Crippen molar-refractivity contribution in [2.45, 2.75) is 20.3 Å². The summed E-state index contributed by atoms with van der Waals surface area (Å²) in [5.41, 5.74) is 4.01. The van der Waals surface area contributed by atoms with E-state index in [4.69, 9.17) is 14.2 Å². The molecule has 0 aliphatic heterocycles. The Morgan fingerprint density at radius 1 is 1.07 bits per heavy atom. The van der Waals surface area contributed by atoms with Gasteiger partial charge in [0.15, 0.2) is 12.4 Å². The number of nitrogens with zero attached hydrogens (tertiary/aromatic N) is 2. The van der Waals surface area contributed by atoms with Gasteiger partial charge in [-0.1, -0.05) is 23.8 Å². The van der Waals surface area contributed by atoms with Gasteiger partial charge in [0.2, 0.25) is 0 Å². The minimum absolute atomic E-state index is 0.00931. The Morgan fingerprint density at radius 2 is 1.89 bits per heavy atom. The molecule has 146 valence electrons. The number of hydrogen-bond donors (Lipinski definition) is 0. The van der Waals surface area contributed by atoms with Crippen molar-refractivity contribution in [3.63, 3.8) is 0 Å². The highest BCUT2D eigenvalue weighted by Crippen LogP contribution is 2.30. The normalized spacial score (nSPS) is 10.6. The molecule has 0 N–H and O–H groups in total. The van der Waals surface area contributed by atoms with Gasteiger partial charge in [0.1, 0.15) is 11.5 Å². The van der Waals surface area contributed by atoms with E-state index in [0.29, 0.717) is 23.9 Å². The second kappa shape index (κ2) is 8.61. The quantitative estimate of drug-likeness (QED) is 0.596. The van der Waals surface area contributed by atoms with Crippen molar-refractivity contribution in [2.24, 2.45) is 0 Å². The van der Waals surface area contributed by atoms with Crippen molar-refractivity contribution >= 4 is 5.78 Å². The number of methoxy groups -OCH3 is 2. The summed E-state index contributed by atoms with van der Waals surface area (Å²) in [4.78, 5) is 16.6. The predicted octanol–water partition coefficient (Wildman–Crippen LogP) is 3.70. The van der Waals surface area contributed by atoms with E-state index < -0.39 is 0 Å². The van der Waals surface area contributed by atoms with Crippen molar-refractivity contribution < 1.29 is 19.0 Å². The number of Topliss-reactive ketones (excluding diaryl/α,β-unsaturated/α-hetero) is 1. The van der Waals surface area contributed by atoms with Gasteiger partial charge < -0.3 is 14.2 Å². The van der Waals surface area contributed by atoms with E-state index in [-0.39, 0.29) is 12.4 Å². The number of hydrogen-bond acceptors (Lipinski definition) is 5. The van der Waals surface area contributed by atoms with Crippen LogP contribution in [0.3, 0.4) is 0 Å². The zero-order valence-electron chi connectivity index (χ0n) is 16.6. The summed E-state index contributed by atoms with van der Waals surface area (Å²) in [6.07, 6.45) is 3.71. The zero-order valence-corrected chi connectivity index (χ0v) is 16.6. The van der Waals surface area contributed by atoms with Gasteiger partial charge >= 0.3 is 6.01 Å². The van der Waals surface area contributed by atoms with Crippen LogP contribution in [0.1, 0.15) is 16.7 Å².